The van der Waals surface area contributed by atoms with Crippen LogP contribution in [-0.2, 0) is 0 Å². The lowest BCUT2D eigenvalue weighted by atomic mass is 9.56. The Kier molecular flexibility index (Phi) is 3.03. The molecule has 0 saturated heterocycles. The van der Waals surface area contributed by atoms with E-state index in [0.717, 1.165) is 19.3 Å². The molecular weight excluding hydrogens is 211 g/mol. The van der Waals surface area contributed by atoms with Crippen molar-refractivity contribution in [1.29, 1.82) is 0 Å². The Morgan fingerprint density at radius 3 is 2.12 bits per heavy atom. The summed E-state index contributed by atoms with van der Waals surface area (Å²) in [5, 5.41) is 18.8. The molecule has 0 fully saturated rings. The molecular formula is C14H23BO2. The van der Waals surface area contributed by atoms with Crippen molar-refractivity contribution < 1.29 is 10.0 Å². The van der Waals surface area contributed by atoms with Gasteiger partial charge in [-0.3, -0.25) is 0 Å². The van der Waals surface area contributed by atoms with Crippen molar-refractivity contribution in [1.82, 2.24) is 0 Å². The Labute approximate surface area is 105 Å². The van der Waals surface area contributed by atoms with Crippen molar-refractivity contribution in [2.75, 3.05) is 0 Å². The van der Waals surface area contributed by atoms with Gasteiger partial charge >= 0.3 is 7.12 Å². The molecule has 1 unspecified atom stereocenters. The van der Waals surface area contributed by atoms with Gasteiger partial charge in [-0.1, -0.05) is 51.0 Å². The Hall–Kier alpha value is -0.535. The van der Waals surface area contributed by atoms with Gasteiger partial charge in [-0.2, -0.15) is 0 Å². The van der Waals surface area contributed by atoms with Crippen LogP contribution in [0.15, 0.2) is 23.3 Å². The van der Waals surface area contributed by atoms with Gasteiger partial charge in [0, 0.05) is 10.8 Å². The summed E-state index contributed by atoms with van der Waals surface area (Å²) in [4.78, 5) is 0. The van der Waals surface area contributed by atoms with Crippen LogP contribution >= 0.6 is 0 Å². The fourth-order valence-corrected chi connectivity index (χ4v) is 3.20. The molecule has 0 radical (unpaired) electrons. The Morgan fingerprint density at radius 1 is 1.06 bits per heavy atom. The first kappa shape index (κ1) is 12.9. The first-order chi connectivity index (χ1) is 7.74. The number of allylic oxidation sites excluding steroid dienone is 4. The summed E-state index contributed by atoms with van der Waals surface area (Å²) in [6.45, 7) is 8.95. The van der Waals surface area contributed by atoms with Crippen molar-refractivity contribution in [2.24, 2.45) is 10.8 Å². The summed E-state index contributed by atoms with van der Waals surface area (Å²) in [7, 11) is -1.17. The number of hydrogen-bond donors (Lipinski definition) is 2. The topological polar surface area (TPSA) is 40.5 Å². The molecule has 94 valence electrons. The summed E-state index contributed by atoms with van der Waals surface area (Å²) < 4.78 is 0. The third-order valence-corrected chi connectivity index (χ3v) is 4.49. The lowest BCUT2D eigenvalue weighted by molar-refractivity contribution is 0.349. The van der Waals surface area contributed by atoms with Crippen molar-refractivity contribution in [3.63, 3.8) is 0 Å². The zero-order valence-electron chi connectivity index (χ0n) is 11.3. The molecule has 2 aliphatic rings. The van der Waals surface area contributed by atoms with Crippen molar-refractivity contribution in [2.45, 2.75) is 52.8 Å². The van der Waals surface area contributed by atoms with E-state index in [-0.39, 0.29) is 16.6 Å². The highest BCUT2D eigenvalue weighted by Crippen LogP contribution is 2.52. The summed E-state index contributed by atoms with van der Waals surface area (Å²) in [6.07, 6.45) is 7.30. The molecule has 2 nitrogen and oxygen atoms in total. The fourth-order valence-electron chi connectivity index (χ4n) is 3.20. The minimum atomic E-state index is -1.17. The van der Waals surface area contributed by atoms with E-state index in [4.69, 9.17) is 0 Å². The first-order valence-electron chi connectivity index (χ1n) is 6.53. The van der Waals surface area contributed by atoms with Crippen LogP contribution in [0.25, 0.3) is 0 Å². The van der Waals surface area contributed by atoms with Crippen molar-refractivity contribution >= 4 is 7.12 Å². The van der Waals surface area contributed by atoms with Crippen LogP contribution in [0.2, 0.25) is 5.82 Å². The third kappa shape index (κ3) is 2.23. The largest absolute Gasteiger partial charge is 0.455 e. The Balaban J connectivity index is 2.38. The Bertz CT molecular complexity index is 378. The van der Waals surface area contributed by atoms with E-state index in [2.05, 4.69) is 39.8 Å². The molecule has 0 spiro atoms. The smallest absolute Gasteiger partial charge is 0.427 e. The van der Waals surface area contributed by atoms with E-state index in [1.54, 1.807) is 0 Å². The first-order valence-corrected chi connectivity index (χ1v) is 6.53. The average Bonchev–Trinajstić information content (AvgIpc) is 2.24. The van der Waals surface area contributed by atoms with Crippen LogP contribution in [0, 0.1) is 10.8 Å². The molecule has 0 amide bonds. The molecule has 0 heterocycles. The predicted octanol–water partition coefficient (Wildman–Crippen LogP) is 2.93. The van der Waals surface area contributed by atoms with Crippen LogP contribution in [0.1, 0.15) is 47.0 Å². The molecule has 0 saturated carbocycles. The van der Waals surface area contributed by atoms with Gasteiger partial charge in [-0.15, -0.1) is 0 Å². The van der Waals surface area contributed by atoms with Crippen LogP contribution in [-0.4, -0.2) is 17.2 Å². The van der Waals surface area contributed by atoms with E-state index in [1.807, 2.05) is 0 Å². The van der Waals surface area contributed by atoms with Crippen LogP contribution < -0.4 is 0 Å². The zero-order valence-corrected chi connectivity index (χ0v) is 11.3. The number of rotatable bonds is 1. The summed E-state index contributed by atoms with van der Waals surface area (Å²) in [5.41, 5.74) is 3.14. The molecule has 0 bridgehead atoms. The SMILES string of the molecule is CC1(C)C=CC(C)(C)C2=C1CCC(B(O)O)C2. The molecule has 2 aliphatic carbocycles. The molecule has 0 aromatic rings. The standard InChI is InChI=1S/C14H23BO2/c1-13(2)7-8-14(3,4)12-9-10(15(16)17)5-6-11(12)13/h7-8,10,16-17H,5-6,9H2,1-4H3. The lowest BCUT2D eigenvalue weighted by Crippen LogP contribution is -2.33. The van der Waals surface area contributed by atoms with Gasteiger partial charge in [0.2, 0.25) is 0 Å². The second-order valence-electron chi connectivity index (χ2n) is 6.65. The number of hydrogen-bond acceptors (Lipinski definition) is 2. The maximum Gasteiger partial charge on any atom is 0.455 e. The van der Waals surface area contributed by atoms with Crippen molar-refractivity contribution in [3.8, 4) is 0 Å². The normalized spacial score (nSPS) is 30.1. The highest BCUT2D eigenvalue weighted by Gasteiger charge is 2.40. The van der Waals surface area contributed by atoms with Crippen LogP contribution in [0.3, 0.4) is 0 Å². The zero-order chi connectivity index (χ0) is 12.8. The van der Waals surface area contributed by atoms with Gasteiger partial charge < -0.3 is 10.0 Å². The molecule has 17 heavy (non-hydrogen) atoms. The van der Waals surface area contributed by atoms with Gasteiger partial charge in [0.15, 0.2) is 0 Å². The van der Waals surface area contributed by atoms with Crippen molar-refractivity contribution in [3.05, 3.63) is 23.3 Å². The summed E-state index contributed by atoms with van der Waals surface area (Å²) in [6, 6.07) is 0. The quantitative estimate of drug-likeness (QED) is 0.541. The van der Waals surface area contributed by atoms with E-state index >= 15 is 0 Å². The van der Waals surface area contributed by atoms with E-state index < -0.39 is 7.12 Å². The van der Waals surface area contributed by atoms with Gasteiger partial charge in [0.05, 0.1) is 0 Å². The predicted molar refractivity (Wildman–Crippen MR) is 71.5 cm³/mol. The maximum atomic E-state index is 9.38. The second kappa shape index (κ2) is 3.99. The second-order valence-corrected chi connectivity index (χ2v) is 6.65. The molecule has 2 N–H and O–H groups in total. The van der Waals surface area contributed by atoms with Gasteiger partial charge in [-0.05, 0) is 25.1 Å². The summed E-state index contributed by atoms with van der Waals surface area (Å²) >= 11 is 0. The third-order valence-electron chi connectivity index (χ3n) is 4.49. The van der Waals surface area contributed by atoms with Gasteiger partial charge in [0.25, 0.3) is 0 Å². The van der Waals surface area contributed by atoms with Crippen LogP contribution in [0.5, 0.6) is 0 Å². The van der Waals surface area contributed by atoms with E-state index in [9.17, 15) is 10.0 Å². The molecule has 2 rings (SSSR count). The fraction of sp³-hybridized carbons (Fsp3) is 0.714. The van der Waals surface area contributed by atoms with E-state index in [1.165, 1.54) is 11.1 Å². The van der Waals surface area contributed by atoms with Gasteiger partial charge in [0.1, 0.15) is 0 Å². The molecule has 1 atom stereocenters. The minimum Gasteiger partial charge on any atom is -0.427 e. The molecule has 0 aromatic carbocycles. The molecule has 0 aromatic heterocycles. The van der Waals surface area contributed by atoms with Crippen LogP contribution in [0.4, 0.5) is 0 Å². The highest BCUT2D eigenvalue weighted by molar-refractivity contribution is 6.43. The highest BCUT2D eigenvalue weighted by atomic mass is 16.4. The minimum absolute atomic E-state index is 0.00956. The monoisotopic (exact) mass is 234 g/mol. The average molecular weight is 234 g/mol. The lowest BCUT2D eigenvalue weighted by Gasteiger charge is -2.43. The van der Waals surface area contributed by atoms with E-state index in [0.29, 0.717) is 0 Å². The maximum absolute atomic E-state index is 9.38. The molecule has 3 heteroatoms. The summed E-state index contributed by atoms with van der Waals surface area (Å²) in [5.74, 6) is 0.00956. The Morgan fingerprint density at radius 2 is 1.59 bits per heavy atom. The molecule has 0 aliphatic heterocycles. The van der Waals surface area contributed by atoms with Gasteiger partial charge in [-0.25, -0.2) is 0 Å².